The number of pyridine rings is 1. The Morgan fingerprint density at radius 3 is 2.68 bits per heavy atom. The van der Waals surface area contributed by atoms with E-state index in [1.54, 1.807) is 13.1 Å². The summed E-state index contributed by atoms with van der Waals surface area (Å²) in [6.07, 6.45) is 6.82. The van der Waals surface area contributed by atoms with Crippen LogP contribution in [-0.2, 0) is 13.2 Å². The third kappa shape index (κ3) is 3.25. The zero-order valence-electron chi connectivity index (χ0n) is 11.9. The van der Waals surface area contributed by atoms with Gasteiger partial charge in [-0.15, -0.1) is 0 Å². The van der Waals surface area contributed by atoms with E-state index in [-0.39, 0.29) is 12.4 Å². The summed E-state index contributed by atoms with van der Waals surface area (Å²) in [7, 11) is 0. The average Bonchev–Trinajstić information content (AvgIpc) is 2.82. The summed E-state index contributed by atoms with van der Waals surface area (Å²) in [6, 6.07) is 0. The molecule has 4 heteroatoms. The van der Waals surface area contributed by atoms with E-state index in [2.05, 4.69) is 17.2 Å². The van der Waals surface area contributed by atoms with Crippen molar-refractivity contribution in [1.29, 1.82) is 0 Å². The highest BCUT2D eigenvalue weighted by atomic mass is 16.3. The Bertz CT molecular complexity index is 440. The zero-order chi connectivity index (χ0) is 13.9. The summed E-state index contributed by atoms with van der Waals surface area (Å²) in [5, 5.41) is 22.8. The molecule has 0 atom stereocenters. The minimum atomic E-state index is -0.0882. The molecule has 1 aliphatic rings. The van der Waals surface area contributed by atoms with E-state index in [0.717, 1.165) is 12.1 Å². The number of aryl methyl sites for hydroxylation is 1. The lowest BCUT2D eigenvalue weighted by Crippen LogP contribution is -2.29. The number of aliphatic hydroxyl groups excluding tert-OH is 1. The van der Waals surface area contributed by atoms with Crippen molar-refractivity contribution in [2.45, 2.75) is 52.7 Å². The van der Waals surface area contributed by atoms with Crippen LogP contribution in [0, 0.1) is 12.3 Å². The Balaban J connectivity index is 2.00. The summed E-state index contributed by atoms with van der Waals surface area (Å²) < 4.78 is 0. The fourth-order valence-corrected chi connectivity index (χ4v) is 2.91. The molecule has 0 spiro atoms. The predicted octanol–water partition coefficient (Wildman–Crippen LogP) is 2.26. The van der Waals surface area contributed by atoms with Crippen LogP contribution in [0.15, 0.2) is 6.20 Å². The lowest BCUT2D eigenvalue weighted by molar-refractivity contribution is 0.277. The minimum Gasteiger partial charge on any atom is -0.506 e. The average molecular weight is 264 g/mol. The van der Waals surface area contributed by atoms with Crippen molar-refractivity contribution in [3.8, 4) is 5.75 Å². The number of rotatable bonds is 5. The molecule has 1 saturated carbocycles. The first kappa shape index (κ1) is 14.3. The third-order valence-electron chi connectivity index (χ3n) is 4.26. The zero-order valence-corrected chi connectivity index (χ0v) is 11.9. The first-order chi connectivity index (χ1) is 9.06. The van der Waals surface area contributed by atoms with Gasteiger partial charge in [0.25, 0.3) is 0 Å². The lowest BCUT2D eigenvalue weighted by Gasteiger charge is -2.24. The van der Waals surface area contributed by atoms with Gasteiger partial charge in [-0.25, -0.2) is 0 Å². The molecule has 1 fully saturated rings. The van der Waals surface area contributed by atoms with E-state index < -0.39 is 0 Å². The molecule has 1 aromatic rings. The summed E-state index contributed by atoms with van der Waals surface area (Å²) in [4.78, 5) is 4.07. The van der Waals surface area contributed by atoms with E-state index in [4.69, 9.17) is 0 Å². The lowest BCUT2D eigenvalue weighted by atomic mass is 9.89. The van der Waals surface area contributed by atoms with Crippen LogP contribution in [-0.4, -0.2) is 21.7 Å². The SMILES string of the molecule is Cc1ncc(CO)c(CNCC2(C)CCCC2)c1O. The van der Waals surface area contributed by atoms with Gasteiger partial charge in [0.1, 0.15) is 5.75 Å². The molecule has 0 amide bonds. The number of hydrogen-bond donors (Lipinski definition) is 3. The van der Waals surface area contributed by atoms with Gasteiger partial charge in [-0.1, -0.05) is 19.8 Å². The second-order valence-corrected chi connectivity index (χ2v) is 5.98. The van der Waals surface area contributed by atoms with Crippen LogP contribution in [0.4, 0.5) is 0 Å². The van der Waals surface area contributed by atoms with E-state index in [0.29, 0.717) is 23.2 Å². The molecule has 0 aromatic carbocycles. The largest absolute Gasteiger partial charge is 0.506 e. The molecule has 1 heterocycles. The topological polar surface area (TPSA) is 65.4 Å². The van der Waals surface area contributed by atoms with E-state index in [1.807, 2.05) is 0 Å². The number of hydrogen-bond acceptors (Lipinski definition) is 4. The fourth-order valence-electron chi connectivity index (χ4n) is 2.91. The Labute approximate surface area is 114 Å². The normalized spacial score (nSPS) is 17.8. The Morgan fingerprint density at radius 2 is 2.05 bits per heavy atom. The maximum absolute atomic E-state index is 10.1. The van der Waals surface area contributed by atoms with Crippen molar-refractivity contribution in [2.24, 2.45) is 5.41 Å². The smallest absolute Gasteiger partial charge is 0.141 e. The molecule has 0 saturated heterocycles. The van der Waals surface area contributed by atoms with Crippen LogP contribution in [0.25, 0.3) is 0 Å². The third-order valence-corrected chi connectivity index (χ3v) is 4.26. The fraction of sp³-hybridized carbons (Fsp3) is 0.667. The number of aromatic hydroxyl groups is 1. The van der Waals surface area contributed by atoms with Crippen molar-refractivity contribution in [3.05, 3.63) is 23.0 Å². The Hall–Kier alpha value is -1.13. The van der Waals surface area contributed by atoms with Gasteiger partial charge in [0.2, 0.25) is 0 Å². The summed E-state index contributed by atoms with van der Waals surface area (Å²) >= 11 is 0. The summed E-state index contributed by atoms with van der Waals surface area (Å²) in [5.74, 6) is 0.204. The standard InChI is InChI=1S/C15H24N2O2/c1-11-14(19)13(12(9-18)7-17-11)8-16-10-15(2)5-3-4-6-15/h7,16,18-19H,3-6,8-10H2,1-2H3. The van der Waals surface area contributed by atoms with E-state index in [1.165, 1.54) is 25.7 Å². The highest BCUT2D eigenvalue weighted by Gasteiger charge is 2.28. The number of nitrogens with one attached hydrogen (secondary N) is 1. The van der Waals surface area contributed by atoms with Gasteiger partial charge in [-0.05, 0) is 25.2 Å². The van der Waals surface area contributed by atoms with Gasteiger partial charge in [0.05, 0.1) is 12.3 Å². The molecule has 0 aliphatic heterocycles. The van der Waals surface area contributed by atoms with Gasteiger partial charge in [-0.3, -0.25) is 4.98 Å². The highest BCUT2D eigenvalue weighted by Crippen LogP contribution is 2.36. The van der Waals surface area contributed by atoms with Crippen LogP contribution >= 0.6 is 0 Å². The number of aromatic nitrogens is 1. The second kappa shape index (κ2) is 5.88. The van der Waals surface area contributed by atoms with Crippen molar-refractivity contribution >= 4 is 0 Å². The highest BCUT2D eigenvalue weighted by molar-refractivity contribution is 5.40. The first-order valence-electron chi connectivity index (χ1n) is 7.04. The molecule has 1 aromatic heterocycles. The summed E-state index contributed by atoms with van der Waals surface area (Å²) in [6.45, 7) is 5.55. The Morgan fingerprint density at radius 1 is 1.37 bits per heavy atom. The van der Waals surface area contributed by atoms with Gasteiger partial charge in [0, 0.05) is 30.4 Å². The summed E-state index contributed by atoms with van der Waals surface area (Å²) in [5.41, 5.74) is 2.47. The molecular formula is C15H24N2O2. The van der Waals surface area contributed by atoms with Crippen molar-refractivity contribution < 1.29 is 10.2 Å². The maximum atomic E-state index is 10.1. The van der Waals surface area contributed by atoms with Crippen LogP contribution in [0.2, 0.25) is 0 Å². The van der Waals surface area contributed by atoms with Crippen LogP contribution in [0.5, 0.6) is 5.75 Å². The monoisotopic (exact) mass is 264 g/mol. The molecule has 2 rings (SSSR count). The van der Waals surface area contributed by atoms with Crippen molar-refractivity contribution in [2.75, 3.05) is 6.54 Å². The first-order valence-corrected chi connectivity index (χ1v) is 7.04. The molecule has 0 radical (unpaired) electrons. The van der Waals surface area contributed by atoms with Crippen LogP contribution < -0.4 is 5.32 Å². The molecule has 1 aliphatic carbocycles. The van der Waals surface area contributed by atoms with Crippen LogP contribution in [0.1, 0.15) is 49.4 Å². The molecule has 0 bridgehead atoms. The van der Waals surface area contributed by atoms with Gasteiger partial charge in [-0.2, -0.15) is 0 Å². The van der Waals surface area contributed by atoms with Crippen LogP contribution in [0.3, 0.4) is 0 Å². The van der Waals surface area contributed by atoms with Gasteiger partial charge in [0.15, 0.2) is 0 Å². The molecule has 4 nitrogen and oxygen atoms in total. The second-order valence-electron chi connectivity index (χ2n) is 5.98. The molecule has 19 heavy (non-hydrogen) atoms. The molecular weight excluding hydrogens is 240 g/mol. The molecule has 3 N–H and O–H groups in total. The molecule has 106 valence electrons. The predicted molar refractivity (Wildman–Crippen MR) is 74.8 cm³/mol. The van der Waals surface area contributed by atoms with Gasteiger partial charge >= 0.3 is 0 Å². The van der Waals surface area contributed by atoms with Crippen molar-refractivity contribution in [3.63, 3.8) is 0 Å². The maximum Gasteiger partial charge on any atom is 0.141 e. The van der Waals surface area contributed by atoms with E-state index in [9.17, 15) is 10.2 Å². The van der Waals surface area contributed by atoms with Crippen molar-refractivity contribution in [1.82, 2.24) is 10.3 Å². The Kier molecular flexibility index (Phi) is 4.42. The van der Waals surface area contributed by atoms with E-state index >= 15 is 0 Å². The minimum absolute atomic E-state index is 0.0882. The van der Waals surface area contributed by atoms with Gasteiger partial charge < -0.3 is 15.5 Å². The number of nitrogens with zero attached hydrogens (tertiary/aromatic N) is 1. The molecule has 0 unspecified atom stereocenters. The quantitative estimate of drug-likeness (QED) is 0.763. The number of aliphatic hydroxyl groups is 1.